The highest BCUT2D eigenvalue weighted by Gasteiger charge is 2.64. The van der Waals surface area contributed by atoms with E-state index in [2.05, 4.69) is 35.0 Å². The maximum atomic E-state index is 11.9. The number of unbranched alkanes of at least 4 members (excludes halogenated alkanes) is 1. The summed E-state index contributed by atoms with van der Waals surface area (Å²) in [6, 6.07) is 6.24. The van der Waals surface area contributed by atoms with Crippen LogP contribution < -0.4 is 4.74 Å². The maximum absolute atomic E-state index is 11.9. The number of carbonyl (C=O) groups is 1. The standard InChI is InChI=1S/C18H22BrNO3/c1-2-3-6-22-16(21)20-11-17(12-20)9-18(10-17)8-13-7-14(19)4-5-15(13)23-18/h4-5,7H,2-3,6,8-12H2,1H3. The van der Waals surface area contributed by atoms with E-state index in [1.165, 1.54) is 5.56 Å². The molecule has 1 saturated heterocycles. The molecule has 0 N–H and O–H groups in total. The van der Waals surface area contributed by atoms with Gasteiger partial charge in [-0.05, 0) is 43.0 Å². The topological polar surface area (TPSA) is 38.8 Å². The second kappa shape index (κ2) is 5.40. The molecule has 2 fully saturated rings. The summed E-state index contributed by atoms with van der Waals surface area (Å²) in [4.78, 5) is 13.8. The number of likely N-dealkylation sites (tertiary alicyclic amines) is 1. The molecule has 4 nitrogen and oxygen atoms in total. The molecule has 0 atom stereocenters. The van der Waals surface area contributed by atoms with Gasteiger partial charge in [0, 0.05) is 29.4 Å². The van der Waals surface area contributed by atoms with E-state index in [4.69, 9.17) is 9.47 Å². The number of hydrogen-bond donors (Lipinski definition) is 0. The van der Waals surface area contributed by atoms with Gasteiger partial charge in [0.1, 0.15) is 11.4 Å². The average molecular weight is 380 g/mol. The molecule has 0 unspecified atom stereocenters. The lowest BCUT2D eigenvalue weighted by Gasteiger charge is -2.62. The Morgan fingerprint density at radius 2 is 2.17 bits per heavy atom. The Morgan fingerprint density at radius 1 is 1.39 bits per heavy atom. The lowest BCUT2D eigenvalue weighted by molar-refractivity contribution is -0.160. The predicted molar refractivity (Wildman–Crippen MR) is 90.7 cm³/mol. The van der Waals surface area contributed by atoms with Crippen LogP contribution in [0.5, 0.6) is 5.75 Å². The summed E-state index contributed by atoms with van der Waals surface area (Å²) >= 11 is 3.53. The largest absolute Gasteiger partial charge is 0.487 e. The van der Waals surface area contributed by atoms with Crippen LogP contribution in [0.2, 0.25) is 0 Å². The third-order valence-corrected chi connectivity index (χ3v) is 5.78. The molecule has 3 aliphatic rings. The van der Waals surface area contributed by atoms with Crippen LogP contribution in [0, 0.1) is 5.41 Å². The van der Waals surface area contributed by atoms with Crippen molar-refractivity contribution in [3.8, 4) is 5.75 Å². The normalized spacial score (nSPS) is 22.3. The van der Waals surface area contributed by atoms with Crippen molar-refractivity contribution < 1.29 is 14.3 Å². The lowest BCUT2D eigenvalue weighted by Crippen LogP contribution is -2.70. The van der Waals surface area contributed by atoms with Crippen LogP contribution in [0.1, 0.15) is 38.2 Å². The number of nitrogens with zero attached hydrogens (tertiary/aromatic N) is 1. The van der Waals surface area contributed by atoms with Crippen LogP contribution in [0.25, 0.3) is 0 Å². The summed E-state index contributed by atoms with van der Waals surface area (Å²) in [7, 11) is 0. The number of rotatable bonds is 3. The Balaban J connectivity index is 1.29. The first-order valence-electron chi connectivity index (χ1n) is 8.42. The van der Waals surface area contributed by atoms with Crippen LogP contribution in [-0.2, 0) is 11.2 Å². The fourth-order valence-corrected chi connectivity index (χ4v) is 4.83. The zero-order valence-electron chi connectivity index (χ0n) is 13.4. The van der Waals surface area contributed by atoms with Crippen LogP contribution in [-0.4, -0.2) is 36.3 Å². The van der Waals surface area contributed by atoms with Crippen molar-refractivity contribution in [1.82, 2.24) is 4.90 Å². The first-order chi connectivity index (χ1) is 11.0. The highest BCUT2D eigenvalue weighted by molar-refractivity contribution is 9.10. The molecule has 4 rings (SSSR count). The number of ether oxygens (including phenoxy) is 2. The Hall–Kier alpha value is -1.23. The van der Waals surface area contributed by atoms with Gasteiger partial charge in [-0.2, -0.15) is 0 Å². The minimum Gasteiger partial charge on any atom is -0.487 e. The first-order valence-corrected chi connectivity index (χ1v) is 9.22. The van der Waals surface area contributed by atoms with Crippen molar-refractivity contribution in [2.24, 2.45) is 5.41 Å². The van der Waals surface area contributed by atoms with Crippen molar-refractivity contribution >= 4 is 22.0 Å². The Morgan fingerprint density at radius 3 is 2.91 bits per heavy atom. The van der Waals surface area contributed by atoms with E-state index >= 15 is 0 Å². The summed E-state index contributed by atoms with van der Waals surface area (Å²) in [6.45, 7) is 4.28. The number of carbonyl (C=O) groups excluding carboxylic acids is 1. The zero-order chi connectivity index (χ0) is 16.1. The maximum Gasteiger partial charge on any atom is 0.409 e. The fourth-order valence-electron chi connectivity index (χ4n) is 4.43. The average Bonchev–Trinajstić information content (AvgIpc) is 2.81. The fraction of sp³-hybridized carbons (Fsp3) is 0.611. The van der Waals surface area contributed by atoms with Gasteiger partial charge in [-0.1, -0.05) is 29.3 Å². The third kappa shape index (κ3) is 2.63. The molecule has 1 aliphatic carbocycles. The lowest BCUT2D eigenvalue weighted by atomic mass is 9.54. The van der Waals surface area contributed by atoms with Crippen molar-refractivity contribution in [2.45, 2.75) is 44.6 Å². The monoisotopic (exact) mass is 379 g/mol. The number of fused-ring (bicyclic) bond motifs is 1. The highest BCUT2D eigenvalue weighted by atomic mass is 79.9. The molecule has 0 bridgehead atoms. The van der Waals surface area contributed by atoms with Gasteiger partial charge < -0.3 is 14.4 Å². The summed E-state index contributed by atoms with van der Waals surface area (Å²) in [6.07, 6.45) is 4.92. The van der Waals surface area contributed by atoms with Gasteiger partial charge >= 0.3 is 6.09 Å². The molecule has 2 spiro atoms. The smallest absolute Gasteiger partial charge is 0.409 e. The zero-order valence-corrected chi connectivity index (χ0v) is 15.0. The Kier molecular flexibility index (Phi) is 3.59. The summed E-state index contributed by atoms with van der Waals surface area (Å²) in [5.74, 6) is 1.03. The van der Waals surface area contributed by atoms with E-state index in [9.17, 15) is 4.79 Å². The van der Waals surface area contributed by atoms with Crippen LogP contribution in [0.4, 0.5) is 4.79 Å². The number of hydrogen-bond acceptors (Lipinski definition) is 3. The second-order valence-electron chi connectivity index (χ2n) is 7.39. The molecule has 2 heterocycles. The van der Waals surface area contributed by atoms with E-state index in [1.807, 2.05) is 11.0 Å². The van der Waals surface area contributed by atoms with Crippen molar-refractivity contribution in [3.63, 3.8) is 0 Å². The minimum atomic E-state index is -0.149. The molecule has 124 valence electrons. The van der Waals surface area contributed by atoms with E-state index in [1.54, 1.807) is 0 Å². The van der Waals surface area contributed by atoms with E-state index in [-0.39, 0.29) is 17.1 Å². The van der Waals surface area contributed by atoms with Crippen LogP contribution in [0.3, 0.4) is 0 Å². The van der Waals surface area contributed by atoms with Gasteiger partial charge in [0.15, 0.2) is 0 Å². The molecular weight excluding hydrogens is 358 g/mol. The number of amides is 1. The number of benzene rings is 1. The van der Waals surface area contributed by atoms with Gasteiger partial charge in [0.25, 0.3) is 0 Å². The molecule has 1 saturated carbocycles. The molecule has 1 aromatic carbocycles. The third-order valence-electron chi connectivity index (χ3n) is 5.29. The van der Waals surface area contributed by atoms with Gasteiger partial charge in [0.05, 0.1) is 6.61 Å². The van der Waals surface area contributed by atoms with Gasteiger partial charge in [-0.15, -0.1) is 0 Å². The van der Waals surface area contributed by atoms with Gasteiger partial charge in [0.2, 0.25) is 0 Å². The molecule has 2 aliphatic heterocycles. The van der Waals surface area contributed by atoms with Crippen molar-refractivity contribution in [2.75, 3.05) is 19.7 Å². The summed E-state index contributed by atoms with van der Waals surface area (Å²) < 4.78 is 12.6. The molecule has 5 heteroatoms. The molecule has 0 aromatic heterocycles. The first kappa shape index (κ1) is 15.3. The SMILES string of the molecule is CCCCOC(=O)N1CC2(C1)CC1(Cc3cc(Br)ccc3O1)C2. The van der Waals surface area contributed by atoms with Crippen LogP contribution in [0.15, 0.2) is 22.7 Å². The predicted octanol–water partition coefficient (Wildman–Crippen LogP) is 4.16. The Bertz CT molecular complexity index is 631. The molecule has 1 amide bonds. The summed E-state index contributed by atoms with van der Waals surface area (Å²) in [5, 5.41) is 0. The van der Waals surface area contributed by atoms with E-state index in [0.29, 0.717) is 6.61 Å². The molecule has 23 heavy (non-hydrogen) atoms. The van der Waals surface area contributed by atoms with E-state index < -0.39 is 0 Å². The molecular formula is C18H22BrNO3. The Labute approximate surface area is 145 Å². The molecule has 0 radical (unpaired) electrons. The van der Waals surface area contributed by atoms with Crippen LogP contribution >= 0.6 is 15.9 Å². The van der Waals surface area contributed by atoms with Gasteiger partial charge in [-0.3, -0.25) is 0 Å². The minimum absolute atomic E-state index is 0.0265. The number of halogens is 1. The second-order valence-corrected chi connectivity index (χ2v) is 8.31. The quantitative estimate of drug-likeness (QED) is 0.740. The van der Waals surface area contributed by atoms with Crippen molar-refractivity contribution in [3.05, 3.63) is 28.2 Å². The van der Waals surface area contributed by atoms with Gasteiger partial charge in [-0.25, -0.2) is 4.79 Å². The highest BCUT2D eigenvalue weighted by Crippen LogP contribution is 2.59. The van der Waals surface area contributed by atoms with E-state index in [0.717, 1.165) is 55.4 Å². The molecule has 1 aromatic rings. The summed E-state index contributed by atoms with van der Waals surface area (Å²) in [5.41, 5.74) is 1.54. The van der Waals surface area contributed by atoms with Crippen molar-refractivity contribution in [1.29, 1.82) is 0 Å².